The first-order valence-corrected chi connectivity index (χ1v) is 8.10. The number of benzene rings is 1. The first-order valence-electron chi connectivity index (χ1n) is 7.31. The van der Waals surface area contributed by atoms with Crippen molar-refractivity contribution in [3.63, 3.8) is 0 Å². The van der Waals surface area contributed by atoms with Gasteiger partial charge >= 0.3 is 0 Å². The predicted molar refractivity (Wildman–Crippen MR) is 95.9 cm³/mol. The van der Waals surface area contributed by atoms with Gasteiger partial charge in [0.25, 0.3) is 0 Å². The number of rotatable bonds is 6. The SMILES string of the molecule is CNC1(COc2cnc(Cl)c(-c3ccc(N=C=S)cc3)c2)CC1. The van der Waals surface area contributed by atoms with Crippen molar-refractivity contribution in [2.75, 3.05) is 13.7 Å². The molecule has 0 spiro atoms. The van der Waals surface area contributed by atoms with Crippen LogP contribution in [-0.4, -0.2) is 29.3 Å². The number of halogens is 1. The first kappa shape index (κ1) is 16.1. The molecule has 1 fully saturated rings. The number of aromatic nitrogens is 1. The molecule has 1 aliphatic rings. The molecular weight excluding hydrogens is 330 g/mol. The first-order chi connectivity index (χ1) is 11.2. The maximum absolute atomic E-state index is 6.23. The Kier molecular flexibility index (Phi) is 4.74. The summed E-state index contributed by atoms with van der Waals surface area (Å²) in [6.45, 7) is 0.634. The van der Waals surface area contributed by atoms with Crippen LogP contribution in [0.2, 0.25) is 5.15 Å². The third-order valence-electron chi connectivity index (χ3n) is 4.07. The lowest BCUT2D eigenvalue weighted by Crippen LogP contribution is -2.33. The van der Waals surface area contributed by atoms with Gasteiger partial charge in [0.05, 0.1) is 22.6 Å². The molecular formula is C17H16ClN3OS. The van der Waals surface area contributed by atoms with E-state index in [-0.39, 0.29) is 5.54 Å². The molecule has 0 unspecified atom stereocenters. The molecule has 1 aromatic carbocycles. The van der Waals surface area contributed by atoms with Crippen LogP contribution in [0.1, 0.15) is 12.8 Å². The van der Waals surface area contributed by atoms with Gasteiger partial charge in [-0.05, 0) is 55.9 Å². The highest BCUT2D eigenvalue weighted by molar-refractivity contribution is 7.78. The van der Waals surface area contributed by atoms with Crippen molar-refractivity contribution in [3.05, 3.63) is 41.7 Å². The average molecular weight is 346 g/mol. The van der Waals surface area contributed by atoms with E-state index in [1.807, 2.05) is 37.4 Å². The van der Waals surface area contributed by atoms with Crippen molar-refractivity contribution in [2.24, 2.45) is 4.99 Å². The van der Waals surface area contributed by atoms with Crippen LogP contribution in [0.25, 0.3) is 11.1 Å². The number of hydrogen-bond acceptors (Lipinski definition) is 5. The van der Waals surface area contributed by atoms with Crippen LogP contribution < -0.4 is 10.1 Å². The molecule has 118 valence electrons. The Morgan fingerprint density at radius 2 is 2.13 bits per heavy atom. The van der Waals surface area contributed by atoms with Crippen molar-refractivity contribution in [1.29, 1.82) is 0 Å². The summed E-state index contributed by atoms with van der Waals surface area (Å²) in [5.41, 5.74) is 2.66. The second-order valence-electron chi connectivity index (χ2n) is 5.58. The summed E-state index contributed by atoms with van der Waals surface area (Å²) in [5.74, 6) is 0.715. The van der Waals surface area contributed by atoms with E-state index in [4.69, 9.17) is 16.3 Å². The van der Waals surface area contributed by atoms with E-state index in [9.17, 15) is 0 Å². The van der Waals surface area contributed by atoms with Gasteiger partial charge in [-0.25, -0.2) is 4.98 Å². The lowest BCUT2D eigenvalue weighted by molar-refractivity contribution is 0.259. The second-order valence-corrected chi connectivity index (χ2v) is 6.12. The van der Waals surface area contributed by atoms with Crippen LogP contribution in [-0.2, 0) is 0 Å². The largest absolute Gasteiger partial charge is 0.490 e. The predicted octanol–water partition coefficient (Wildman–Crippen LogP) is 4.27. The number of hydrogen-bond donors (Lipinski definition) is 1. The van der Waals surface area contributed by atoms with E-state index in [0.29, 0.717) is 17.5 Å². The number of thiocarbonyl (C=S) groups is 1. The fourth-order valence-electron chi connectivity index (χ4n) is 2.32. The molecule has 0 aliphatic heterocycles. The highest BCUT2D eigenvalue weighted by atomic mass is 35.5. The summed E-state index contributed by atoms with van der Waals surface area (Å²) in [6, 6.07) is 9.48. The second kappa shape index (κ2) is 6.77. The molecule has 0 atom stereocenters. The van der Waals surface area contributed by atoms with Gasteiger partial charge in [0.15, 0.2) is 0 Å². The van der Waals surface area contributed by atoms with E-state index >= 15 is 0 Å². The Morgan fingerprint density at radius 1 is 1.39 bits per heavy atom. The van der Waals surface area contributed by atoms with E-state index in [1.165, 1.54) is 0 Å². The zero-order valence-corrected chi connectivity index (χ0v) is 14.2. The van der Waals surface area contributed by atoms with Crippen LogP contribution in [0, 0.1) is 0 Å². The Bertz CT molecular complexity index is 753. The molecule has 0 amide bonds. The fraction of sp³-hybridized carbons (Fsp3) is 0.294. The summed E-state index contributed by atoms with van der Waals surface area (Å²) < 4.78 is 5.88. The zero-order valence-electron chi connectivity index (χ0n) is 12.7. The highest BCUT2D eigenvalue weighted by Gasteiger charge is 2.41. The maximum atomic E-state index is 6.23. The Hall–Kier alpha value is -1.78. The topological polar surface area (TPSA) is 46.5 Å². The van der Waals surface area contributed by atoms with Crippen LogP contribution in [0.3, 0.4) is 0 Å². The Labute approximate surface area is 145 Å². The summed E-state index contributed by atoms with van der Waals surface area (Å²) in [7, 11) is 1.96. The van der Waals surface area contributed by atoms with Gasteiger partial charge in [0.2, 0.25) is 0 Å². The molecule has 4 nitrogen and oxygen atoms in total. The van der Waals surface area contributed by atoms with Gasteiger partial charge < -0.3 is 10.1 Å². The summed E-state index contributed by atoms with van der Waals surface area (Å²) in [5, 5.41) is 6.09. The molecule has 0 saturated heterocycles. The van der Waals surface area contributed by atoms with Crippen LogP contribution in [0.5, 0.6) is 5.75 Å². The molecule has 1 aliphatic carbocycles. The molecule has 0 radical (unpaired) electrons. The lowest BCUT2D eigenvalue weighted by atomic mass is 10.1. The van der Waals surface area contributed by atoms with Gasteiger partial charge in [-0.15, -0.1) is 0 Å². The number of nitrogens with one attached hydrogen (secondary N) is 1. The minimum absolute atomic E-state index is 0.125. The van der Waals surface area contributed by atoms with Crippen molar-refractivity contribution in [3.8, 4) is 16.9 Å². The van der Waals surface area contributed by atoms with Gasteiger partial charge in [0, 0.05) is 5.56 Å². The summed E-state index contributed by atoms with van der Waals surface area (Å²) in [6.07, 6.45) is 3.93. The molecule has 0 bridgehead atoms. The van der Waals surface area contributed by atoms with Crippen LogP contribution in [0.15, 0.2) is 41.5 Å². The number of ether oxygens (including phenoxy) is 1. The van der Waals surface area contributed by atoms with Crippen molar-refractivity contribution < 1.29 is 4.74 Å². The van der Waals surface area contributed by atoms with Gasteiger partial charge in [-0.1, -0.05) is 23.7 Å². The van der Waals surface area contributed by atoms with Crippen molar-refractivity contribution in [1.82, 2.24) is 10.3 Å². The number of aliphatic imine (C=N–C) groups is 1. The molecule has 1 heterocycles. The molecule has 1 N–H and O–H groups in total. The Morgan fingerprint density at radius 3 is 2.74 bits per heavy atom. The normalized spacial score (nSPS) is 14.9. The molecule has 23 heavy (non-hydrogen) atoms. The van der Waals surface area contributed by atoms with Crippen molar-refractivity contribution >= 4 is 34.7 Å². The number of isothiocyanates is 1. The molecule has 3 rings (SSSR count). The molecule has 1 saturated carbocycles. The summed E-state index contributed by atoms with van der Waals surface area (Å²) >= 11 is 10.8. The molecule has 2 aromatic rings. The van der Waals surface area contributed by atoms with Crippen LogP contribution >= 0.6 is 23.8 Å². The average Bonchev–Trinajstić information content (AvgIpc) is 3.36. The van der Waals surface area contributed by atoms with Gasteiger partial charge in [0.1, 0.15) is 17.5 Å². The standard InChI is InChI=1S/C17H16ClN3OS/c1-19-17(6-7-17)10-22-14-8-15(16(18)20-9-14)12-2-4-13(5-3-12)21-11-23/h2-5,8-9,19H,6-7,10H2,1H3. The lowest BCUT2D eigenvalue weighted by Gasteiger charge is -2.15. The number of likely N-dealkylation sites (N-methyl/N-ethyl adjacent to an activating group) is 1. The van der Waals surface area contributed by atoms with Gasteiger partial charge in [-0.2, -0.15) is 4.99 Å². The van der Waals surface area contributed by atoms with E-state index in [1.54, 1.807) is 6.20 Å². The number of nitrogens with zero attached hydrogens (tertiary/aromatic N) is 2. The summed E-state index contributed by atoms with van der Waals surface area (Å²) in [4.78, 5) is 8.17. The minimum Gasteiger partial charge on any atom is -0.490 e. The van der Waals surface area contributed by atoms with Gasteiger partial charge in [-0.3, -0.25) is 0 Å². The monoisotopic (exact) mass is 345 g/mol. The fourth-order valence-corrected chi connectivity index (χ4v) is 2.64. The third kappa shape index (κ3) is 3.77. The maximum Gasteiger partial charge on any atom is 0.138 e. The van der Waals surface area contributed by atoms with Crippen LogP contribution in [0.4, 0.5) is 5.69 Å². The molecule has 1 aromatic heterocycles. The van der Waals surface area contributed by atoms with Crippen molar-refractivity contribution in [2.45, 2.75) is 18.4 Å². The number of pyridine rings is 1. The van der Waals surface area contributed by atoms with E-state index < -0.39 is 0 Å². The molecule has 6 heteroatoms. The smallest absolute Gasteiger partial charge is 0.138 e. The van der Waals surface area contributed by atoms with E-state index in [2.05, 4.69) is 32.7 Å². The van der Waals surface area contributed by atoms with E-state index in [0.717, 1.165) is 29.7 Å². The quantitative estimate of drug-likeness (QED) is 0.482. The minimum atomic E-state index is 0.125. The highest BCUT2D eigenvalue weighted by Crippen LogP contribution is 2.36. The zero-order chi connectivity index (χ0) is 16.3. The Balaban J connectivity index is 1.81. The third-order valence-corrected chi connectivity index (χ3v) is 4.46.